The summed E-state index contributed by atoms with van der Waals surface area (Å²) in [5.41, 5.74) is 6.67. The van der Waals surface area contributed by atoms with Crippen molar-refractivity contribution in [2.75, 3.05) is 5.73 Å². The quantitative estimate of drug-likeness (QED) is 0.915. The molecule has 2 aromatic rings. The number of hydrogen-bond acceptors (Lipinski definition) is 3. The number of carbonyl (C=O) groups excluding carboxylic acids is 1. The fourth-order valence-electron chi connectivity index (χ4n) is 1.49. The van der Waals surface area contributed by atoms with Crippen molar-refractivity contribution in [3.05, 3.63) is 57.7 Å². The molecule has 98 valence electrons. The third-order valence-corrected chi connectivity index (χ3v) is 3.20. The van der Waals surface area contributed by atoms with E-state index in [1.54, 1.807) is 6.07 Å². The maximum atomic E-state index is 11.9. The van der Waals surface area contributed by atoms with E-state index in [0.29, 0.717) is 17.1 Å². The number of halogens is 2. The molecule has 0 spiro atoms. The van der Waals surface area contributed by atoms with Gasteiger partial charge in [-0.1, -0.05) is 41.4 Å². The molecule has 0 aliphatic heterocycles. The SMILES string of the molecule is Nc1ncc(C(=O)NCc2ccccc2Cl)cc1Cl. The van der Waals surface area contributed by atoms with Crippen LogP contribution in [-0.2, 0) is 6.54 Å². The average molecular weight is 296 g/mol. The Morgan fingerprint density at radius 3 is 2.68 bits per heavy atom. The molecule has 6 heteroatoms. The lowest BCUT2D eigenvalue weighted by atomic mass is 10.2. The molecule has 3 N–H and O–H groups in total. The Morgan fingerprint density at radius 1 is 1.26 bits per heavy atom. The fourth-order valence-corrected chi connectivity index (χ4v) is 1.86. The van der Waals surface area contributed by atoms with E-state index < -0.39 is 0 Å². The minimum atomic E-state index is -0.283. The molecule has 1 amide bonds. The van der Waals surface area contributed by atoms with Crippen molar-refractivity contribution < 1.29 is 4.79 Å². The summed E-state index contributed by atoms with van der Waals surface area (Å²) in [6.45, 7) is 0.334. The van der Waals surface area contributed by atoms with Gasteiger partial charge in [0.05, 0.1) is 10.6 Å². The predicted octanol–water partition coefficient (Wildman–Crippen LogP) is 2.90. The van der Waals surface area contributed by atoms with E-state index in [0.717, 1.165) is 5.56 Å². The number of rotatable bonds is 3. The van der Waals surface area contributed by atoms with Crippen molar-refractivity contribution in [2.24, 2.45) is 0 Å². The maximum Gasteiger partial charge on any atom is 0.253 e. The predicted molar refractivity (Wildman–Crippen MR) is 76.3 cm³/mol. The molecule has 0 saturated heterocycles. The third kappa shape index (κ3) is 3.36. The summed E-state index contributed by atoms with van der Waals surface area (Å²) in [4.78, 5) is 15.7. The number of nitrogen functional groups attached to an aromatic ring is 1. The highest BCUT2D eigenvalue weighted by atomic mass is 35.5. The minimum Gasteiger partial charge on any atom is -0.382 e. The number of aromatic nitrogens is 1. The number of pyridine rings is 1. The second kappa shape index (κ2) is 5.91. The first-order valence-electron chi connectivity index (χ1n) is 5.50. The van der Waals surface area contributed by atoms with Crippen LogP contribution >= 0.6 is 23.2 Å². The van der Waals surface area contributed by atoms with Crippen LogP contribution < -0.4 is 11.1 Å². The molecule has 1 heterocycles. The molecule has 0 saturated carbocycles. The van der Waals surface area contributed by atoms with E-state index in [1.165, 1.54) is 12.3 Å². The van der Waals surface area contributed by atoms with Crippen LogP contribution in [0.15, 0.2) is 36.5 Å². The fraction of sp³-hybridized carbons (Fsp3) is 0.0769. The van der Waals surface area contributed by atoms with E-state index in [9.17, 15) is 4.79 Å². The first-order chi connectivity index (χ1) is 9.08. The van der Waals surface area contributed by atoms with Crippen LogP contribution in [0.5, 0.6) is 0 Å². The number of benzene rings is 1. The number of hydrogen-bond donors (Lipinski definition) is 2. The Labute approximate surface area is 120 Å². The molecule has 0 aliphatic rings. The van der Waals surface area contributed by atoms with E-state index in [4.69, 9.17) is 28.9 Å². The first-order valence-corrected chi connectivity index (χ1v) is 6.26. The summed E-state index contributed by atoms with van der Waals surface area (Å²) in [6, 6.07) is 8.78. The van der Waals surface area contributed by atoms with Crippen LogP contribution in [0.1, 0.15) is 15.9 Å². The van der Waals surface area contributed by atoms with Gasteiger partial charge in [-0.15, -0.1) is 0 Å². The van der Waals surface area contributed by atoms with Crippen LogP contribution in [0.25, 0.3) is 0 Å². The van der Waals surface area contributed by atoms with Crippen molar-refractivity contribution in [3.63, 3.8) is 0 Å². The van der Waals surface area contributed by atoms with Gasteiger partial charge in [0.1, 0.15) is 5.82 Å². The van der Waals surface area contributed by atoms with Crippen molar-refractivity contribution in [1.29, 1.82) is 0 Å². The molecule has 0 bridgehead atoms. The zero-order chi connectivity index (χ0) is 13.8. The lowest BCUT2D eigenvalue weighted by Gasteiger charge is -2.07. The maximum absolute atomic E-state index is 11.9. The second-order valence-electron chi connectivity index (χ2n) is 3.87. The summed E-state index contributed by atoms with van der Waals surface area (Å²) in [7, 11) is 0. The Kier molecular flexibility index (Phi) is 4.24. The normalized spacial score (nSPS) is 10.2. The molecule has 4 nitrogen and oxygen atoms in total. The molecule has 0 unspecified atom stereocenters. The third-order valence-electron chi connectivity index (χ3n) is 2.53. The molecule has 1 aromatic carbocycles. The van der Waals surface area contributed by atoms with Crippen molar-refractivity contribution in [3.8, 4) is 0 Å². The van der Waals surface area contributed by atoms with E-state index in [2.05, 4.69) is 10.3 Å². The Hall–Kier alpha value is -1.78. The van der Waals surface area contributed by atoms with Crippen molar-refractivity contribution in [2.45, 2.75) is 6.54 Å². The van der Waals surface area contributed by atoms with E-state index in [-0.39, 0.29) is 16.7 Å². The minimum absolute atomic E-state index is 0.198. The molecule has 0 aliphatic carbocycles. The van der Waals surface area contributed by atoms with Gasteiger partial charge in [-0.2, -0.15) is 0 Å². The van der Waals surface area contributed by atoms with Crippen molar-refractivity contribution in [1.82, 2.24) is 10.3 Å². The number of carbonyl (C=O) groups is 1. The lowest BCUT2D eigenvalue weighted by molar-refractivity contribution is 0.0950. The first kappa shape index (κ1) is 13.6. The summed E-state index contributed by atoms with van der Waals surface area (Å²) in [6.07, 6.45) is 1.38. The van der Waals surface area contributed by atoms with Crippen LogP contribution in [-0.4, -0.2) is 10.9 Å². The Balaban J connectivity index is 2.05. The second-order valence-corrected chi connectivity index (χ2v) is 4.68. The number of amides is 1. The summed E-state index contributed by atoms with van der Waals surface area (Å²) < 4.78 is 0. The van der Waals surface area contributed by atoms with E-state index in [1.807, 2.05) is 18.2 Å². The monoisotopic (exact) mass is 295 g/mol. The zero-order valence-electron chi connectivity index (χ0n) is 9.86. The summed E-state index contributed by atoms with van der Waals surface area (Å²) in [5, 5.41) is 3.60. The number of nitrogens with one attached hydrogen (secondary N) is 1. The standard InChI is InChI=1S/C13H11Cl2N3O/c14-10-4-2-1-3-8(10)6-18-13(19)9-5-11(15)12(16)17-7-9/h1-5,7H,6H2,(H2,16,17)(H,18,19). The molecule has 2 rings (SSSR count). The van der Waals surface area contributed by atoms with Crippen molar-refractivity contribution >= 4 is 34.9 Å². The number of nitrogens with two attached hydrogens (primary N) is 1. The van der Waals surface area contributed by atoms with E-state index >= 15 is 0 Å². The molecular formula is C13H11Cl2N3O. The zero-order valence-corrected chi connectivity index (χ0v) is 11.4. The highest BCUT2D eigenvalue weighted by Crippen LogP contribution is 2.17. The van der Waals surface area contributed by atoms with Gasteiger partial charge in [0.25, 0.3) is 5.91 Å². The number of anilines is 1. The summed E-state index contributed by atoms with van der Waals surface area (Å²) >= 11 is 11.8. The average Bonchev–Trinajstić information content (AvgIpc) is 2.40. The van der Waals surface area contributed by atoms with Crippen LogP contribution in [0.4, 0.5) is 5.82 Å². The van der Waals surface area contributed by atoms with Gasteiger partial charge in [0.2, 0.25) is 0 Å². The van der Waals surface area contributed by atoms with Gasteiger partial charge in [-0.25, -0.2) is 4.98 Å². The van der Waals surface area contributed by atoms with Gasteiger partial charge in [0.15, 0.2) is 0 Å². The summed E-state index contributed by atoms with van der Waals surface area (Å²) in [5.74, 6) is -0.0846. The van der Waals surface area contributed by atoms with Crippen LogP contribution in [0, 0.1) is 0 Å². The molecule has 0 fully saturated rings. The van der Waals surface area contributed by atoms with Gasteiger partial charge in [-0.05, 0) is 17.7 Å². The molecular weight excluding hydrogens is 285 g/mol. The molecule has 1 aromatic heterocycles. The highest BCUT2D eigenvalue weighted by molar-refractivity contribution is 6.33. The molecule has 19 heavy (non-hydrogen) atoms. The highest BCUT2D eigenvalue weighted by Gasteiger charge is 2.09. The largest absolute Gasteiger partial charge is 0.382 e. The van der Waals surface area contributed by atoms with Gasteiger partial charge in [-0.3, -0.25) is 4.79 Å². The van der Waals surface area contributed by atoms with Gasteiger partial charge >= 0.3 is 0 Å². The molecule has 0 radical (unpaired) electrons. The molecule has 0 atom stereocenters. The van der Waals surface area contributed by atoms with Gasteiger partial charge in [0, 0.05) is 17.8 Å². The van der Waals surface area contributed by atoms with Crippen LogP contribution in [0.3, 0.4) is 0 Å². The smallest absolute Gasteiger partial charge is 0.253 e. The Morgan fingerprint density at radius 2 is 2.00 bits per heavy atom. The topological polar surface area (TPSA) is 68.0 Å². The number of nitrogens with zero attached hydrogens (tertiary/aromatic N) is 1. The Bertz CT molecular complexity index is 617. The lowest BCUT2D eigenvalue weighted by Crippen LogP contribution is -2.23. The van der Waals surface area contributed by atoms with Gasteiger partial charge < -0.3 is 11.1 Å². The van der Waals surface area contributed by atoms with Crippen LogP contribution in [0.2, 0.25) is 10.0 Å².